The van der Waals surface area contributed by atoms with Gasteiger partial charge in [0.1, 0.15) is 12.6 Å². The van der Waals surface area contributed by atoms with Gasteiger partial charge in [-0.2, -0.15) is 5.10 Å². The highest BCUT2D eigenvalue weighted by Gasteiger charge is 2.46. The van der Waals surface area contributed by atoms with Crippen molar-refractivity contribution in [3.05, 3.63) is 76.5 Å². The predicted octanol–water partition coefficient (Wildman–Crippen LogP) is 3.58. The van der Waals surface area contributed by atoms with Crippen molar-refractivity contribution >= 4 is 35.0 Å². The SMILES string of the molecule is COCCn1cc(-c2ccc(-c3cnc(C(=O)Nc4ccc(C(=O)N5CCN(C(=O)[C@H]6C[C@@H](O)C[N+]6(C)C)CC5)c(Cl)c4)n3C)c(F)c2F)c(C)n1. The first kappa shape index (κ1) is 37.1. The van der Waals surface area contributed by atoms with Crippen molar-refractivity contribution in [2.24, 2.45) is 7.05 Å². The Hall–Kier alpha value is -4.70. The fourth-order valence-corrected chi connectivity index (χ4v) is 7.32. The smallest absolute Gasteiger partial charge is 0.291 e. The number of aliphatic hydroxyl groups is 1. The monoisotopic (exact) mass is 739 g/mol. The van der Waals surface area contributed by atoms with E-state index in [0.29, 0.717) is 73.7 Å². The van der Waals surface area contributed by atoms with Crippen LogP contribution in [0.25, 0.3) is 22.4 Å². The Morgan fingerprint density at radius 3 is 2.37 bits per heavy atom. The number of quaternary nitrogens is 1. The topological polar surface area (TPSA) is 135 Å². The maximum atomic E-state index is 15.5. The van der Waals surface area contributed by atoms with Crippen LogP contribution in [-0.2, 0) is 23.1 Å². The Bertz CT molecular complexity index is 2020. The van der Waals surface area contributed by atoms with Gasteiger partial charge in [0.25, 0.3) is 17.7 Å². The van der Waals surface area contributed by atoms with Gasteiger partial charge in [-0.3, -0.25) is 19.1 Å². The summed E-state index contributed by atoms with van der Waals surface area (Å²) < 4.78 is 39.4. The van der Waals surface area contributed by atoms with E-state index in [1.807, 2.05) is 14.1 Å². The molecule has 4 aromatic rings. The average Bonchev–Trinajstić information content (AvgIpc) is 3.76. The third-order valence-corrected chi connectivity index (χ3v) is 10.3. The summed E-state index contributed by atoms with van der Waals surface area (Å²) in [5, 5.41) is 17.3. The molecule has 276 valence electrons. The van der Waals surface area contributed by atoms with Crippen molar-refractivity contribution in [2.45, 2.75) is 32.0 Å². The summed E-state index contributed by atoms with van der Waals surface area (Å²) in [5.41, 5.74) is 1.71. The standard InChI is InChI=1S/C36H41ClF2N8O5/c1-21-27(19-46(42-21)14-15-52-5)24-8-9-26(32(39)31(24)38)29-18-40-33(43(29)2)34(49)41-22-6-7-25(28(37)16-22)35(50)44-10-12-45(13-11-44)36(51)30-17-23(48)20-47(30,3)4/h6-9,16,18-19,23,30,48H,10-15,17,20H2,1-5H3/p+1/t23-,30-/m1/s1. The maximum absolute atomic E-state index is 15.5. The molecule has 0 saturated carbocycles. The van der Waals surface area contributed by atoms with Gasteiger partial charge < -0.3 is 34.0 Å². The lowest BCUT2D eigenvalue weighted by molar-refractivity contribution is -0.894. The van der Waals surface area contributed by atoms with Gasteiger partial charge in [-0.15, -0.1) is 0 Å². The van der Waals surface area contributed by atoms with Crippen LogP contribution in [0.2, 0.25) is 5.02 Å². The second-order valence-corrected chi connectivity index (χ2v) is 14.2. The number of ether oxygens (including phenoxy) is 1. The van der Waals surface area contributed by atoms with Crippen molar-refractivity contribution < 1.29 is 37.5 Å². The minimum absolute atomic E-state index is 0.0182. The number of benzene rings is 2. The van der Waals surface area contributed by atoms with Crippen molar-refractivity contribution in [2.75, 3.05) is 65.9 Å². The zero-order valence-electron chi connectivity index (χ0n) is 29.7. The number of nitrogens with one attached hydrogen (secondary N) is 1. The van der Waals surface area contributed by atoms with Gasteiger partial charge >= 0.3 is 0 Å². The van der Waals surface area contributed by atoms with E-state index < -0.39 is 23.6 Å². The Labute approximate surface area is 304 Å². The highest BCUT2D eigenvalue weighted by molar-refractivity contribution is 6.34. The largest absolute Gasteiger partial charge is 0.387 e. The molecule has 2 saturated heterocycles. The highest BCUT2D eigenvalue weighted by Crippen LogP contribution is 2.33. The lowest BCUT2D eigenvalue weighted by Crippen LogP contribution is -2.58. The van der Waals surface area contributed by atoms with Gasteiger partial charge in [0.2, 0.25) is 0 Å². The van der Waals surface area contributed by atoms with Crippen LogP contribution in [0.15, 0.2) is 42.7 Å². The molecule has 0 radical (unpaired) electrons. The van der Waals surface area contributed by atoms with Crippen LogP contribution < -0.4 is 5.32 Å². The van der Waals surface area contributed by atoms with Gasteiger partial charge in [-0.1, -0.05) is 17.7 Å². The molecule has 2 fully saturated rings. The van der Waals surface area contributed by atoms with E-state index in [-0.39, 0.29) is 51.1 Å². The Kier molecular flexibility index (Phi) is 10.5. The first-order chi connectivity index (χ1) is 24.7. The van der Waals surface area contributed by atoms with E-state index in [1.165, 1.54) is 42.1 Å². The highest BCUT2D eigenvalue weighted by atomic mass is 35.5. The van der Waals surface area contributed by atoms with E-state index in [4.69, 9.17) is 16.3 Å². The summed E-state index contributed by atoms with van der Waals surface area (Å²) in [6.07, 6.45) is 2.84. The molecule has 2 aromatic carbocycles. The molecule has 52 heavy (non-hydrogen) atoms. The number of carbonyl (C=O) groups excluding carboxylic acids is 3. The van der Waals surface area contributed by atoms with Crippen LogP contribution in [0.1, 0.15) is 33.1 Å². The van der Waals surface area contributed by atoms with Crippen molar-refractivity contribution in [1.29, 1.82) is 0 Å². The molecule has 0 unspecified atom stereocenters. The normalized spacial score (nSPS) is 18.6. The first-order valence-electron chi connectivity index (χ1n) is 16.9. The number of imidazole rings is 1. The zero-order valence-corrected chi connectivity index (χ0v) is 30.5. The molecule has 0 aliphatic carbocycles. The minimum Gasteiger partial charge on any atom is -0.387 e. The van der Waals surface area contributed by atoms with Crippen LogP contribution in [0.3, 0.4) is 0 Å². The number of nitrogens with zero attached hydrogens (tertiary/aromatic N) is 7. The molecule has 0 bridgehead atoms. The predicted molar refractivity (Wildman–Crippen MR) is 190 cm³/mol. The molecule has 2 atom stereocenters. The zero-order chi connectivity index (χ0) is 37.5. The molecule has 2 aliphatic rings. The molecule has 16 heteroatoms. The molecule has 4 heterocycles. The van der Waals surface area contributed by atoms with Gasteiger partial charge in [0, 0.05) is 75.3 Å². The first-order valence-corrected chi connectivity index (χ1v) is 17.3. The second-order valence-electron chi connectivity index (χ2n) is 13.8. The van der Waals surface area contributed by atoms with Crippen LogP contribution >= 0.6 is 11.6 Å². The summed E-state index contributed by atoms with van der Waals surface area (Å²) in [7, 11) is 6.96. The number of likely N-dealkylation sites (tertiary alicyclic amines) is 1. The van der Waals surface area contributed by atoms with E-state index in [9.17, 15) is 19.5 Å². The van der Waals surface area contributed by atoms with Gasteiger partial charge in [0.05, 0.1) is 55.4 Å². The van der Waals surface area contributed by atoms with E-state index >= 15 is 8.78 Å². The lowest BCUT2D eigenvalue weighted by atomic mass is 10.0. The van der Waals surface area contributed by atoms with Crippen molar-refractivity contribution in [3.8, 4) is 22.4 Å². The fraction of sp³-hybridized carbons (Fsp3) is 0.417. The number of halogens is 3. The van der Waals surface area contributed by atoms with Crippen molar-refractivity contribution in [1.82, 2.24) is 29.1 Å². The summed E-state index contributed by atoms with van der Waals surface area (Å²) in [5.74, 6) is -3.15. The molecule has 3 amide bonds. The van der Waals surface area contributed by atoms with Crippen LogP contribution in [0, 0.1) is 18.6 Å². The summed E-state index contributed by atoms with van der Waals surface area (Å²) in [6.45, 7) is 4.51. The van der Waals surface area contributed by atoms with Crippen LogP contribution in [0.4, 0.5) is 14.5 Å². The maximum Gasteiger partial charge on any atom is 0.291 e. The summed E-state index contributed by atoms with van der Waals surface area (Å²) >= 11 is 6.52. The fourth-order valence-electron chi connectivity index (χ4n) is 7.06. The van der Waals surface area contributed by atoms with Crippen LogP contribution in [0.5, 0.6) is 0 Å². The minimum atomic E-state index is -1.09. The quantitative estimate of drug-likeness (QED) is 0.251. The molecular formula is C36H42ClF2N8O5+. The summed E-state index contributed by atoms with van der Waals surface area (Å²) in [4.78, 5) is 47.4. The molecule has 0 spiro atoms. The van der Waals surface area contributed by atoms with Crippen LogP contribution in [-0.4, -0.2) is 129 Å². The lowest BCUT2D eigenvalue weighted by Gasteiger charge is -2.38. The number of likely N-dealkylation sites (N-methyl/N-ethyl adjacent to an activating group) is 1. The number of aliphatic hydroxyl groups excluding tert-OH is 1. The van der Waals surface area contributed by atoms with Gasteiger partial charge in [-0.05, 0) is 31.2 Å². The van der Waals surface area contributed by atoms with Crippen molar-refractivity contribution in [3.63, 3.8) is 0 Å². The Balaban J connectivity index is 1.10. The van der Waals surface area contributed by atoms with Gasteiger partial charge in [-0.25, -0.2) is 13.8 Å². The third kappa shape index (κ3) is 7.18. The number of methoxy groups -OCH3 is 1. The number of aromatic nitrogens is 4. The number of carbonyl (C=O) groups is 3. The average molecular weight is 740 g/mol. The van der Waals surface area contributed by atoms with E-state index in [2.05, 4.69) is 15.4 Å². The number of aryl methyl sites for hydroxylation is 1. The molecule has 2 aromatic heterocycles. The molecule has 2 N–H and O–H groups in total. The molecular weight excluding hydrogens is 698 g/mol. The Morgan fingerprint density at radius 2 is 1.71 bits per heavy atom. The molecule has 2 aliphatic heterocycles. The molecule has 6 rings (SSSR count). The molecule has 13 nitrogen and oxygen atoms in total. The van der Waals surface area contributed by atoms with Gasteiger partial charge in [0.15, 0.2) is 23.5 Å². The number of anilines is 1. The third-order valence-electron chi connectivity index (χ3n) is 9.95. The number of hydrogen-bond acceptors (Lipinski definition) is 7. The Morgan fingerprint density at radius 1 is 1.04 bits per heavy atom. The number of rotatable bonds is 9. The summed E-state index contributed by atoms with van der Waals surface area (Å²) in [6, 6.07) is 7.10. The number of piperazine rings is 1. The van der Waals surface area contributed by atoms with E-state index in [0.717, 1.165) is 0 Å². The second kappa shape index (κ2) is 14.7. The number of hydrogen-bond donors (Lipinski definition) is 2. The number of amides is 3. The van der Waals surface area contributed by atoms with E-state index in [1.54, 1.807) is 40.8 Å².